The standard InChI is InChI=1S/C11H12F2N2.ClH/c12-11(13)6-9(14)7-2-1-3-10-8(7)4-5-15-10;/h1-5,9,11,15H,6,14H2;1H/t9-;/m0./s1. The highest BCUT2D eigenvalue weighted by Gasteiger charge is 2.15. The predicted octanol–water partition coefficient (Wildman–Crippen LogP) is 3.24. The minimum Gasteiger partial charge on any atom is -0.361 e. The van der Waals surface area contributed by atoms with Crippen LogP contribution >= 0.6 is 12.4 Å². The Hall–Kier alpha value is -1.13. The van der Waals surface area contributed by atoms with Crippen molar-refractivity contribution in [3.05, 3.63) is 36.0 Å². The summed E-state index contributed by atoms with van der Waals surface area (Å²) in [5.74, 6) is 0. The van der Waals surface area contributed by atoms with Gasteiger partial charge in [0, 0.05) is 29.6 Å². The minimum absolute atomic E-state index is 0. The fourth-order valence-electron chi connectivity index (χ4n) is 1.75. The van der Waals surface area contributed by atoms with E-state index in [9.17, 15) is 8.78 Å². The number of rotatable bonds is 3. The molecule has 0 saturated heterocycles. The van der Waals surface area contributed by atoms with Gasteiger partial charge in [-0.3, -0.25) is 0 Å². The van der Waals surface area contributed by atoms with Crippen LogP contribution in [-0.4, -0.2) is 11.4 Å². The van der Waals surface area contributed by atoms with Gasteiger partial charge >= 0.3 is 0 Å². The first-order valence-corrected chi connectivity index (χ1v) is 4.78. The first-order chi connectivity index (χ1) is 7.18. The lowest BCUT2D eigenvalue weighted by atomic mass is 10.0. The summed E-state index contributed by atoms with van der Waals surface area (Å²) in [5, 5.41) is 0.922. The van der Waals surface area contributed by atoms with Gasteiger partial charge in [-0.05, 0) is 17.7 Å². The molecule has 0 aliphatic rings. The van der Waals surface area contributed by atoms with Crippen LogP contribution in [0.5, 0.6) is 0 Å². The number of aromatic nitrogens is 1. The molecule has 3 N–H and O–H groups in total. The quantitative estimate of drug-likeness (QED) is 0.858. The first kappa shape index (κ1) is 12.9. The zero-order chi connectivity index (χ0) is 10.8. The normalized spacial score (nSPS) is 12.8. The van der Waals surface area contributed by atoms with Crippen molar-refractivity contribution in [1.29, 1.82) is 0 Å². The molecule has 0 aliphatic heterocycles. The van der Waals surface area contributed by atoms with Crippen molar-refractivity contribution < 1.29 is 8.78 Å². The summed E-state index contributed by atoms with van der Waals surface area (Å²) >= 11 is 0. The average Bonchev–Trinajstić information content (AvgIpc) is 2.63. The molecule has 0 unspecified atom stereocenters. The van der Waals surface area contributed by atoms with Crippen LogP contribution in [0.25, 0.3) is 10.9 Å². The second-order valence-corrected chi connectivity index (χ2v) is 3.52. The Morgan fingerprint density at radius 3 is 2.69 bits per heavy atom. The number of fused-ring (bicyclic) bond motifs is 1. The molecule has 2 nitrogen and oxygen atoms in total. The van der Waals surface area contributed by atoms with Gasteiger partial charge in [-0.1, -0.05) is 12.1 Å². The van der Waals surface area contributed by atoms with Crippen LogP contribution in [0.2, 0.25) is 0 Å². The SMILES string of the molecule is Cl.N[C@@H](CC(F)F)c1cccc2[nH]ccc12. The van der Waals surface area contributed by atoms with Gasteiger partial charge in [0.2, 0.25) is 6.43 Å². The molecule has 1 atom stereocenters. The predicted molar refractivity (Wildman–Crippen MR) is 63.1 cm³/mol. The van der Waals surface area contributed by atoms with E-state index in [1.165, 1.54) is 0 Å². The zero-order valence-electron chi connectivity index (χ0n) is 8.49. The number of alkyl halides is 2. The van der Waals surface area contributed by atoms with E-state index in [-0.39, 0.29) is 18.8 Å². The van der Waals surface area contributed by atoms with E-state index in [0.717, 1.165) is 16.5 Å². The number of nitrogens with two attached hydrogens (primary N) is 1. The number of nitrogens with one attached hydrogen (secondary N) is 1. The van der Waals surface area contributed by atoms with Crippen molar-refractivity contribution in [1.82, 2.24) is 4.98 Å². The highest BCUT2D eigenvalue weighted by molar-refractivity contribution is 5.85. The first-order valence-electron chi connectivity index (χ1n) is 4.78. The van der Waals surface area contributed by atoms with Crippen LogP contribution in [0, 0.1) is 0 Å². The summed E-state index contributed by atoms with van der Waals surface area (Å²) in [6.07, 6.45) is -0.887. The lowest BCUT2D eigenvalue weighted by molar-refractivity contribution is 0.128. The van der Waals surface area contributed by atoms with E-state index in [0.29, 0.717) is 0 Å². The molecule has 1 aromatic heterocycles. The van der Waals surface area contributed by atoms with Crippen LogP contribution in [0.15, 0.2) is 30.5 Å². The maximum atomic E-state index is 12.2. The number of halogens is 3. The van der Waals surface area contributed by atoms with Gasteiger partial charge in [0.25, 0.3) is 0 Å². The smallest absolute Gasteiger partial charge is 0.240 e. The molecule has 0 amide bonds. The van der Waals surface area contributed by atoms with E-state index in [1.807, 2.05) is 18.2 Å². The van der Waals surface area contributed by atoms with Crippen LogP contribution in [0.4, 0.5) is 8.78 Å². The maximum Gasteiger partial charge on any atom is 0.240 e. The molecule has 1 aromatic carbocycles. The Labute approximate surface area is 98.2 Å². The summed E-state index contributed by atoms with van der Waals surface area (Å²) < 4.78 is 24.4. The maximum absolute atomic E-state index is 12.2. The van der Waals surface area contributed by atoms with E-state index in [1.54, 1.807) is 12.3 Å². The number of benzene rings is 1. The number of H-pyrrole nitrogens is 1. The Kier molecular flexibility index (Phi) is 4.26. The molecule has 1 heterocycles. The molecule has 0 fully saturated rings. The second kappa shape index (κ2) is 5.27. The van der Waals surface area contributed by atoms with Crippen molar-refractivity contribution >= 4 is 23.3 Å². The molecular formula is C11H13ClF2N2. The Balaban J connectivity index is 0.00000128. The summed E-state index contributed by atoms with van der Waals surface area (Å²) in [6, 6.07) is 6.76. The van der Waals surface area contributed by atoms with Gasteiger partial charge in [-0.15, -0.1) is 12.4 Å². The van der Waals surface area contributed by atoms with Gasteiger partial charge in [0.15, 0.2) is 0 Å². The number of aromatic amines is 1. The van der Waals surface area contributed by atoms with Crippen molar-refractivity contribution in [2.24, 2.45) is 5.73 Å². The van der Waals surface area contributed by atoms with E-state index in [4.69, 9.17) is 5.73 Å². The molecule has 2 aromatic rings. The average molecular weight is 247 g/mol. The lowest BCUT2D eigenvalue weighted by Gasteiger charge is -2.12. The molecule has 0 saturated carbocycles. The fraction of sp³-hybridized carbons (Fsp3) is 0.273. The number of hydrogen-bond donors (Lipinski definition) is 2. The van der Waals surface area contributed by atoms with E-state index >= 15 is 0 Å². The zero-order valence-corrected chi connectivity index (χ0v) is 9.31. The van der Waals surface area contributed by atoms with Crippen LogP contribution in [0.1, 0.15) is 18.0 Å². The summed E-state index contributed by atoms with van der Waals surface area (Å²) in [4.78, 5) is 3.03. The highest BCUT2D eigenvalue weighted by atomic mass is 35.5. The van der Waals surface area contributed by atoms with Crippen molar-refractivity contribution in [2.45, 2.75) is 18.9 Å². The minimum atomic E-state index is -2.37. The molecule has 2 rings (SSSR count). The van der Waals surface area contributed by atoms with Gasteiger partial charge in [-0.2, -0.15) is 0 Å². The molecule has 88 valence electrons. The van der Waals surface area contributed by atoms with Gasteiger partial charge in [0.1, 0.15) is 0 Å². The third-order valence-corrected chi connectivity index (χ3v) is 2.46. The van der Waals surface area contributed by atoms with Gasteiger partial charge in [-0.25, -0.2) is 8.78 Å². The summed E-state index contributed by atoms with van der Waals surface area (Å²) in [7, 11) is 0. The topological polar surface area (TPSA) is 41.8 Å². The van der Waals surface area contributed by atoms with Crippen molar-refractivity contribution in [3.63, 3.8) is 0 Å². The molecule has 0 aliphatic carbocycles. The van der Waals surface area contributed by atoms with Crippen molar-refractivity contribution in [2.75, 3.05) is 0 Å². The summed E-state index contributed by atoms with van der Waals surface area (Å²) in [5.41, 5.74) is 7.43. The summed E-state index contributed by atoms with van der Waals surface area (Å²) in [6.45, 7) is 0. The molecule has 0 spiro atoms. The third-order valence-electron chi connectivity index (χ3n) is 2.46. The molecule has 0 bridgehead atoms. The molecule has 5 heteroatoms. The second-order valence-electron chi connectivity index (χ2n) is 3.52. The number of hydrogen-bond acceptors (Lipinski definition) is 1. The molecular weight excluding hydrogens is 234 g/mol. The fourth-order valence-corrected chi connectivity index (χ4v) is 1.75. The Morgan fingerprint density at radius 2 is 2.00 bits per heavy atom. The third kappa shape index (κ3) is 2.51. The van der Waals surface area contributed by atoms with E-state index in [2.05, 4.69) is 4.98 Å². The van der Waals surface area contributed by atoms with E-state index < -0.39 is 12.5 Å². The van der Waals surface area contributed by atoms with Crippen LogP contribution < -0.4 is 5.73 Å². The van der Waals surface area contributed by atoms with Gasteiger partial charge in [0.05, 0.1) is 0 Å². The van der Waals surface area contributed by atoms with Crippen LogP contribution in [0.3, 0.4) is 0 Å². The molecule has 0 radical (unpaired) electrons. The van der Waals surface area contributed by atoms with Crippen molar-refractivity contribution in [3.8, 4) is 0 Å². The monoisotopic (exact) mass is 246 g/mol. The Bertz CT molecular complexity index is 456. The largest absolute Gasteiger partial charge is 0.361 e. The highest BCUT2D eigenvalue weighted by Crippen LogP contribution is 2.25. The molecule has 16 heavy (non-hydrogen) atoms. The Morgan fingerprint density at radius 1 is 1.25 bits per heavy atom. The van der Waals surface area contributed by atoms with Gasteiger partial charge < -0.3 is 10.7 Å². The van der Waals surface area contributed by atoms with Crippen LogP contribution in [-0.2, 0) is 0 Å². The lowest BCUT2D eigenvalue weighted by Crippen LogP contribution is -2.14.